The van der Waals surface area contributed by atoms with Gasteiger partial charge in [0, 0.05) is 4.90 Å². The highest BCUT2D eigenvalue weighted by atomic mass is 32.2. The van der Waals surface area contributed by atoms with Gasteiger partial charge in [-0.15, -0.1) is 23.1 Å². The van der Waals surface area contributed by atoms with E-state index in [0.717, 1.165) is 35.2 Å². The molecule has 1 heterocycles. The van der Waals surface area contributed by atoms with E-state index in [1.54, 1.807) is 0 Å². The second-order valence-corrected chi connectivity index (χ2v) is 6.01. The van der Waals surface area contributed by atoms with E-state index >= 15 is 0 Å². The van der Waals surface area contributed by atoms with Crippen molar-refractivity contribution in [2.45, 2.75) is 4.90 Å². The summed E-state index contributed by atoms with van der Waals surface area (Å²) in [6, 6.07) is 6.28. The molecule has 21 heavy (non-hydrogen) atoms. The van der Waals surface area contributed by atoms with Crippen LogP contribution in [0.5, 0.6) is 0 Å². The maximum atomic E-state index is 13.0. The Bertz CT molecular complexity index is 688. The average Bonchev–Trinajstić information content (AvgIpc) is 2.89. The van der Waals surface area contributed by atoms with Gasteiger partial charge < -0.3 is 10.4 Å². The lowest BCUT2D eigenvalue weighted by atomic mass is 10.3. The molecule has 0 saturated carbocycles. The largest absolute Gasteiger partial charge is 0.477 e. The Labute approximate surface area is 126 Å². The number of hydrogen-bond donors (Lipinski definition) is 2. The van der Waals surface area contributed by atoms with Crippen molar-refractivity contribution in [1.82, 2.24) is 0 Å². The summed E-state index contributed by atoms with van der Waals surface area (Å²) in [5.74, 6) is -3.32. The number of hydrogen-bond acceptors (Lipinski definition) is 4. The minimum Gasteiger partial charge on any atom is -0.477 e. The van der Waals surface area contributed by atoms with Crippen molar-refractivity contribution in [2.24, 2.45) is 0 Å². The normalized spacial score (nSPS) is 10.4. The van der Waals surface area contributed by atoms with Crippen molar-refractivity contribution in [1.29, 1.82) is 0 Å². The molecule has 2 rings (SSSR count). The van der Waals surface area contributed by atoms with E-state index in [1.165, 1.54) is 18.2 Å². The van der Waals surface area contributed by atoms with Crippen LogP contribution in [0.3, 0.4) is 0 Å². The summed E-state index contributed by atoms with van der Waals surface area (Å²) in [6.45, 7) is 0. The molecule has 110 valence electrons. The number of amides is 1. The third-order valence-corrected chi connectivity index (χ3v) is 4.32. The molecule has 0 aliphatic heterocycles. The zero-order chi connectivity index (χ0) is 15.4. The minimum atomic E-state index is -1.06. The number of halogens is 2. The second-order valence-electron chi connectivity index (χ2n) is 3.88. The number of thiophene rings is 1. The van der Waals surface area contributed by atoms with E-state index in [4.69, 9.17) is 5.11 Å². The molecule has 8 heteroatoms. The highest BCUT2D eigenvalue weighted by Gasteiger charge is 2.10. The number of carboxylic acids is 1. The van der Waals surface area contributed by atoms with Crippen LogP contribution in [0.1, 0.15) is 9.67 Å². The SMILES string of the molecule is O=C(CSc1ccc(F)c(F)c1)Nc1ccc(C(=O)O)s1. The van der Waals surface area contributed by atoms with Gasteiger partial charge in [0.1, 0.15) is 4.88 Å². The van der Waals surface area contributed by atoms with Crippen molar-refractivity contribution in [3.8, 4) is 0 Å². The molecule has 1 amide bonds. The van der Waals surface area contributed by atoms with Crippen LogP contribution in [0.4, 0.5) is 13.8 Å². The Morgan fingerprint density at radius 1 is 1.19 bits per heavy atom. The molecule has 4 nitrogen and oxygen atoms in total. The van der Waals surface area contributed by atoms with Gasteiger partial charge in [-0.3, -0.25) is 4.79 Å². The Hall–Kier alpha value is -1.93. The van der Waals surface area contributed by atoms with Gasteiger partial charge in [0.15, 0.2) is 11.6 Å². The molecule has 2 aromatic rings. The van der Waals surface area contributed by atoms with Crippen molar-refractivity contribution in [2.75, 3.05) is 11.1 Å². The first-order valence-electron chi connectivity index (χ1n) is 5.66. The smallest absolute Gasteiger partial charge is 0.345 e. The molecule has 1 aromatic heterocycles. The van der Waals surface area contributed by atoms with Crippen LogP contribution >= 0.6 is 23.1 Å². The topological polar surface area (TPSA) is 66.4 Å². The molecule has 0 atom stereocenters. The molecule has 0 bridgehead atoms. The van der Waals surface area contributed by atoms with Gasteiger partial charge in [0.2, 0.25) is 5.91 Å². The Kier molecular flexibility index (Phi) is 4.92. The number of carboxylic acid groups (broad SMARTS) is 1. The Morgan fingerprint density at radius 3 is 2.57 bits per heavy atom. The number of aromatic carboxylic acids is 1. The van der Waals surface area contributed by atoms with Crippen LogP contribution < -0.4 is 5.32 Å². The lowest BCUT2D eigenvalue weighted by Crippen LogP contribution is -2.12. The van der Waals surface area contributed by atoms with Crippen molar-refractivity contribution in [3.63, 3.8) is 0 Å². The standard InChI is InChI=1S/C13H9F2NO3S2/c14-8-2-1-7(5-9(8)15)20-6-11(17)16-12-4-3-10(21-12)13(18)19/h1-5H,6H2,(H,16,17)(H,18,19). The third-order valence-electron chi connectivity index (χ3n) is 2.34. The summed E-state index contributed by atoms with van der Waals surface area (Å²) in [5.41, 5.74) is 0. The van der Waals surface area contributed by atoms with Gasteiger partial charge >= 0.3 is 5.97 Å². The number of anilines is 1. The lowest BCUT2D eigenvalue weighted by Gasteiger charge is -2.03. The van der Waals surface area contributed by atoms with Gasteiger partial charge in [0.25, 0.3) is 0 Å². The maximum absolute atomic E-state index is 13.0. The monoisotopic (exact) mass is 329 g/mol. The van der Waals surface area contributed by atoms with Gasteiger partial charge in [-0.2, -0.15) is 0 Å². The molecule has 0 spiro atoms. The first-order chi connectivity index (χ1) is 9.95. The zero-order valence-corrected chi connectivity index (χ0v) is 12.1. The van der Waals surface area contributed by atoms with Crippen molar-refractivity contribution < 1.29 is 23.5 Å². The van der Waals surface area contributed by atoms with E-state index in [-0.39, 0.29) is 16.5 Å². The van der Waals surface area contributed by atoms with Crippen molar-refractivity contribution in [3.05, 3.63) is 46.8 Å². The first kappa shape index (κ1) is 15.5. The maximum Gasteiger partial charge on any atom is 0.345 e. The van der Waals surface area contributed by atoms with Gasteiger partial charge in [0.05, 0.1) is 10.8 Å². The third kappa shape index (κ3) is 4.27. The predicted molar refractivity (Wildman–Crippen MR) is 77.0 cm³/mol. The Balaban J connectivity index is 1.89. The first-order valence-corrected chi connectivity index (χ1v) is 7.47. The molecule has 0 aliphatic carbocycles. The lowest BCUT2D eigenvalue weighted by molar-refractivity contribution is -0.113. The molecular formula is C13H9F2NO3S2. The fourth-order valence-corrected chi connectivity index (χ4v) is 2.89. The second kappa shape index (κ2) is 6.68. The number of nitrogens with one attached hydrogen (secondary N) is 1. The van der Waals surface area contributed by atoms with Crippen LogP contribution in [0.2, 0.25) is 0 Å². The van der Waals surface area contributed by atoms with Crippen LogP contribution in [0.25, 0.3) is 0 Å². The zero-order valence-electron chi connectivity index (χ0n) is 10.4. The fourth-order valence-electron chi connectivity index (χ4n) is 1.41. The molecular weight excluding hydrogens is 320 g/mol. The number of carbonyl (C=O) groups excluding carboxylic acids is 1. The summed E-state index contributed by atoms with van der Waals surface area (Å²) in [7, 11) is 0. The number of benzene rings is 1. The summed E-state index contributed by atoms with van der Waals surface area (Å²) in [5, 5.41) is 11.7. The molecule has 2 N–H and O–H groups in total. The van der Waals surface area contributed by atoms with Crippen LogP contribution in [0.15, 0.2) is 35.2 Å². The Morgan fingerprint density at radius 2 is 1.95 bits per heavy atom. The van der Waals surface area contributed by atoms with Crippen LogP contribution in [-0.4, -0.2) is 22.7 Å². The van der Waals surface area contributed by atoms with Gasteiger partial charge in [-0.05, 0) is 30.3 Å². The van der Waals surface area contributed by atoms with Gasteiger partial charge in [-0.1, -0.05) is 0 Å². The quantitative estimate of drug-likeness (QED) is 0.825. The molecule has 0 unspecified atom stereocenters. The molecule has 1 aromatic carbocycles. The highest BCUT2D eigenvalue weighted by molar-refractivity contribution is 8.00. The average molecular weight is 329 g/mol. The predicted octanol–water partition coefficient (Wildman–Crippen LogP) is 3.46. The number of rotatable bonds is 5. The van der Waals surface area contributed by atoms with E-state index in [9.17, 15) is 18.4 Å². The van der Waals surface area contributed by atoms with E-state index in [2.05, 4.69) is 5.32 Å². The van der Waals surface area contributed by atoms with Gasteiger partial charge in [-0.25, -0.2) is 13.6 Å². The summed E-state index contributed by atoms with van der Waals surface area (Å²) < 4.78 is 25.7. The fraction of sp³-hybridized carbons (Fsp3) is 0.0769. The number of carbonyl (C=O) groups is 2. The van der Waals surface area contributed by atoms with E-state index < -0.39 is 17.6 Å². The summed E-state index contributed by atoms with van der Waals surface area (Å²) in [6.07, 6.45) is 0. The van der Waals surface area contributed by atoms with E-state index in [1.807, 2.05) is 0 Å². The van der Waals surface area contributed by atoms with Crippen LogP contribution in [0, 0.1) is 11.6 Å². The molecule has 0 fully saturated rings. The highest BCUT2D eigenvalue weighted by Crippen LogP contribution is 2.23. The van der Waals surface area contributed by atoms with Crippen molar-refractivity contribution >= 4 is 40.0 Å². The molecule has 0 aliphatic rings. The van der Waals surface area contributed by atoms with Crippen LogP contribution in [-0.2, 0) is 4.79 Å². The minimum absolute atomic E-state index is 0.00533. The molecule has 0 saturated heterocycles. The summed E-state index contributed by atoms with van der Waals surface area (Å²) in [4.78, 5) is 22.9. The molecule has 0 radical (unpaired) electrons. The van der Waals surface area contributed by atoms with E-state index in [0.29, 0.717) is 9.90 Å². The number of thioether (sulfide) groups is 1. The summed E-state index contributed by atoms with van der Waals surface area (Å²) >= 11 is 2.00.